The minimum atomic E-state index is 0.0112. The fourth-order valence-corrected chi connectivity index (χ4v) is 4.79. The molecule has 4 rings (SSSR count). The van der Waals surface area contributed by atoms with E-state index in [0.717, 1.165) is 64.0 Å². The summed E-state index contributed by atoms with van der Waals surface area (Å²) < 4.78 is 0. The molecular weight excluding hydrogens is 390 g/mol. The van der Waals surface area contributed by atoms with Gasteiger partial charge in [-0.05, 0) is 57.2 Å². The number of hydrogen-bond donors (Lipinski definition) is 2. The molecule has 7 nitrogen and oxygen atoms in total. The maximum absolute atomic E-state index is 12.7. The van der Waals surface area contributed by atoms with Crippen molar-refractivity contribution in [3.63, 3.8) is 0 Å². The number of piperidine rings is 2. The molecule has 2 aliphatic heterocycles. The van der Waals surface area contributed by atoms with Crippen molar-refractivity contribution in [3.8, 4) is 0 Å². The average molecular weight is 424 g/mol. The van der Waals surface area contributed by atoms with Crippen LogP contribution >= 0.6 is 0 Å². The van der Waals surface area contributed by atoms with Crippen LogP contribution in [0.4, 0.5) is 0 Å². The highest BCUT2D eigenvalue weighted by atomic mass is 16.2. The molecule has 2 saturated heterocycles. The normalized spacial score (nSPS) is 20.5. The number of aryl methyl sites for hydroxylation is 1. The molecule has 1 aromatic carbocycles. The first-order valence-electron chi connectivity index (χ1n) is 11.5. The van der Waals surface area contributed by atoms with Crippen LogP contribution in [0.25, 0.3) is 0 Å². The molecule has 0 aliphatic carbocycles. The quantitative estimate of drug-likeness (QED) is 0.748. The first kappa shape index (κ1) is 21.6. The second kappa shape index (κ2) is 10.1. The zero-order chi connectivity index (χ0) is 21.6. The largest absolute Gasteiger partial charge is 0.355 e. The lowest BCUT2D eigenvalue weighted by atomic mass is 9.93. The number of carbonyl (C=O) groups excluding carboxylic acids is 2. The number of likely N-dealkylation sites (tertiary alicyclic amines) is 2. The van der Waals surface area contributed by atoms with Crippen molar-refractivity contribution in [1.29, 1.82) is 0 Å². The van der Waals surface area contributed by atoms with E-state index in [1.165, 1.54) is 5.56 Å². The van der Waals surface area contributed by atoms with Crippen molar-refractivity contribution in [1.82, 2.24) is 25.3 Å². The summed E-state index contributed by atoms with van der Waals surface area (Å²) in [5.74, 6) is 0.260. The van der Waals surface area contributed by atoms with Crippen molar-refractivity contribution < 1.29 is 9.59 Å². The van der Waals surface area contributed by atoms with E-state index in [9.17, 15) is 9.59 Å². The molecule has 2 aliphatic rings. The van der Waals surface area contributed by atoms with E-state index < -0.39 is 0 Å². The van der Waals surface area contributed by atoms with Crippen LogP contribution in [0.2, 0.25) is 0 Å². The van der Waals surface area contributed by atoms with Gasteiger partial charge in [0.05, 0.1) is 5.92 Å². The molecule has 2 fully saturated rings. The Kier molecular flexibility index (Phi) is 7.02. The van der Waals surface area contributed by atoms with Gasteiger partial charge in [-0.15, -0.1) is 0 Å². The molecule has 166 valence electrons. The number of nitrogens with one attached hydrogen (secondary N) is 2. The highest BCUT2D eigenvalue weighted by Gasteiger charge is 2.33. The molecule has 31 heavy (non-hydrogen) atoms. The fraction of sp³-hybridized carbons (Fsp3) is 0.542. The second-order valence-corrected chi connectivity index (χ2v) is 8.82. The summed E-state index contributed by atoms with van der Waals surface area (Å²) >= 11 is 0. The molecule has 0 unspecified atom stereocenters. The highest BCUT2D eigenvalue weighted by molar-refractivity contribution is 5.92. The van der Waals surface area contributed by atoms with Crippen LogP contribution in [-0.2, 0) is 11.2 Å². The Morgan fingerprint density at radius 2 is 1.90 bits per heavy atom. The van der Waals surface area contributed by atoms with Gasteiger partial charge >= 0.3 is 0 Å². The first-order valence-corrected chi connectivity index (χ1v) is 11.5. The van der Waals surface area contributed by atoms with Gasteiger partial charge in [0.25, 0.3) is 5.91 Å². The molecule has 1 aromatic heterocycles. The van der Waals surface area contributed by atoms with Crippen LogP contribution < -0.4 is 5.32 Å². The molecule has 2 aromatic rings. The molecule has 0 bridgehead atoms. The van der Waals surface area contributed by atoms with E-state index in [0.29, 0.717) is 18.3 Å². The van der Waals surface area contributed by atoms with E-state index >= 15 is 0 Å². The van der Waals surface area contributed by atoms with E-state index in [1.807, 2.05) is 30.0 Å². The summed E-state index contributed by atoms with van der Waals surface area (Å²) in [6.07, 6.45) is 4.80. The molecule has 0 spiro atoms. The second-order valence-electron chi connectivity index (χ2n) is 8.82. The zero-order valence-electron chi connectivity index (χ0n) is 18.3. The Morgan fingerprint density at radius 3 is 2.61 bits per heavy atom. The Balaban J connectivity index is 1.22. The molecule has 0 saturated carbocycles. The van der Waals surface area contributed by atoms with Gasteiger partial charge in [0.2, 0.25) is 5.91 Å². The third-order valence-electron chi connectivity index (χ3n) is 6.57. The number of benzene rings is 1. The standard InChI is InChI=1S/C24H33N5O2/c1-18-16-22(27-26-18)24(31)28-14-10-21(11-15-28)29-13-5-8-20(17-29)23(30)25-12-9-19-6-3-2-4-7-19/h2-4,6-7,16,20-21H,5,8-15,17H2,1H3,(H,25,30)(H,26,27)/t20-/m1/s1. The summed E-state index contributed by atoms with van der Waals surface area (Å²) in [6, 6.07) is 12.5. The Bertz CT molecular complexity index is 873. The molecule has 0 radical (unpaired) electrons. The number of nitrogens with zero attached hydrogens (tertiary/aromatic N) is 3. The van der Waals surface area contributed by atoms with Crippen LogP contribution in [0.1, 0.15) is 47.4 Å². The first-order chi connectivity index (χ1) is 15.1. The lowest BCUT2D eigenvalue weighted by Gasteiger charge is -2.41. The zero-order valence-corrected chi connectivity index (χ0v) is 18.3. The van der Waals surface area contributed by atoms with Gasteiger partial charge in [-0.2, -0.15) is 5.10 Å². The van der Waals surface area contributed by atoms with Crippen LogP contribution in [-0.4, -0.2) is 70.6 Å². The summed E-state index contributed by atoms with van der Waals surface area (Å²) in [5, 5.41) is 10.1. The molecule has 2 amide bonds. The lowest BCUT2D eigenvalue weighted by Crippen LogP contribution is -2.51. The smallest absolute Gasteiger partial charge is 0.274 e. The van der Waals surface area contributed by atoms with Gasteiger partial charge < -0.3 is 10.2 Å². The SMILES string of the molecule is Cc1cc(C(=O)N2CCC(N3CCC[C@@H](C(=O)NCCc4ccccc4)C3)CC2)n[nH]1. The minimum absolute atomic E-state index is 0.0112. The van der Waals surface area contributed by atoms with Gasteiger partial charge in [0.15, 0.2) is 0 Å². The van der Waals surface area contributed by atoms with Crippen LogP contribution in [0.15, 0.2) is 36.4 Å². The molecule has 7 heteroatoms. The summed E-state index contributed by atoms with van der Waals surface area (Å²) in [6.45, 7) is 5.96. The van der Waals surface area contributed by atoms with Gasteiger partial charge in [0, 0.05) is 37.9 Å². The minimum Gasteiger partial charge on any atom is -0.355 e. The average Bonchev–Trinajstić information content (AvgIpc) is 3.25. The Hall–Kier alpha value is -2.67. The predicted molar refractivity (Wildman–Crippen MR) is 120 cm³/mol. The van der Waals surface area contributed by atoms with Crippen LogP contribution in [0.5, 0.6) is 0 Å². The summed E-state index contributed by atoms with van der Waals surface area (Å²) in [7, 11) is 0. The van der Waals surface area contributed by atoms with Crippen molar-refractivity contribution in [2.24, 2.45) is 5.92 Å². The maximum atomic E-state index is 12.7. The summed E-state index contributed by atoms with van der Waals surface area (Å²) in [4.78, 5) is 29.7. The van der Waals surface area contributed by atoms with Crippen molar-refractivity contribution in [2.45, 2.75) is 45.1 Å². The van der Waals surface area contributed by atoms with Gasteiger partial charge in [-0.1, -0.05) is 30.3 Å². The number of H-pyrrole nitrogens is 1. The number of rotatable bonds is 6. The third kappa shape index (κ3) is 5.53. The number of amides is 2. The highest BCUT2D eigenvalue weighted by Crippen LogP contribution is 2.24. The fourth-order valence-electron chi connectivity index (χ4n) is 4.79. The topological polar surface area (TPSA) is 81.3 Å². The van der Waals surface area contributed by atoms with Crippen molar-refractivity contribution in [2.75, 3.05) is 32.7 Å². The Morgan fingerprint density at radius 1 is 1.13 bits per heavy atom. The van der Waals surface area contributed by atoms with Crippen LogP contribution in [0, 0.1) is 12.8 Å². The van der Waals surface area contributed by atoms with Crippen molar-refractivity contribution in [3.05, 3.63) is 53.3 Å². The maximum Gasteiger partial charge on any atom is 0.274 e. The van der Waals surface area contributed by atoms with Gasteiger partial charge in [0.1, 0.15) is 5.69 Å². The van der Waals surface area contributed by atoms with E-state index in [2.05, 4.69) is 32.5 Å². The van der Waals surface area contributed by atoms with Gasteiger partial charge in [-0.25, -0.2) is 0 Å². The van der Waals surface area contributed by atoms with Gasteiger partial charge in [-0.3, -0.25) is 19.6 Å². The third-order valence-corrected chi connectivity index (χ3v) is 6.57. The monoisotopic (exact) mass is 423 g/mol. The molecular formula is C24H33N5O2. The number of carbonyl (C=O) groups is 2. The number of aromatic nitrogens is 2. The van der Waals surface area contributed by atoms with Crippen LogP contribution in [0.3, 0.4) is 0 Å². The summed E-state index contributed by atoms with van der Waals surface area (Å²) in [5.41, 5.74) is 2.65. The van der Waals surface area contributed by atoms with E-state index in [-0.39, 0.29) is 17.7 Å². The number of hydrogen-bond acceptors (Lipinski definition) is 4. The molecule has 2 N–H and O–H groups in total. The lowest BCUT2D eigenvalue weighted by molar-refractivity contribution is -0.127. The van der Waals surface area contributed by atoms with E-state index in [4.69, 9.17) is 0 Å². The number of aromatic amines is 1. The molecule has 1 atom stereocenters. The van der Waals surface area contributed by atoms with E-state index in [1.54, 1.807) is 6.07 Å². The Labute approximate surface area is 184 Å². The molecule has 3 heterocycles. The predicted octanol–water partition coefficient (Wildman–Crippen LogP) is 2.39. The van der Waals surface area contributed by atoms with Crippen molar-refractivity contribution >= 4 is 11.8 Å².